The van der Waals surface area contributed by atoms with Crippen molar-refractivity contribution in [3.63, 3.8) is 0 Å². The van der Waals surface area contributed by atoms with Crippen LogP contribution in [0.3, 0.4) is 0 Å². The van der Waals surface area contributed by atoms with Crippen LogP contribution in [-0.2, 0) is 19.6 Å². The first-order chi connectivity index (χ1) is 13.3. The van der Waals surface area contributed by atoms with Gasteiger partial charge in [-0.05, 0) is 69.6 Å². The third kappa shape index (κ3) is 6.58. The normalized spacial score (nSPS) is 18.5. The summed E-state index contributed by atoms with van der Waals surface area (Å²) in [6.45, 7) is 0. The molecule has 1 aromatic carbocycles. The number of hydrogen-bond donors (Lipinski definition) is 1. The number of hydrogen-bond acceptors (Lipinski definition) is 6. The van der Waals surface area contributed by atoms with Crippen molar-refractivity contribution in [2.75, 3.05) is 0 Å². The maximum Gasteiger partial charge on any atom is 1.00 e. The van der Waals surface area contributed by atoms with Crippen molar-refractivity contribution >= 4 is 22.1 Å². The summed E-state index contributed by atoms with van der Waals surface area (Å²) in [5, 5.41) is 0. The summed E-state index contributed by atoms with van der Waals surface area (Å²) < 4.78 is 44.0. The van der Waals surface area contributed by atoms with Crippen molar-refractivity contribution in [1.29, 1.82) is 0 Å². The van der Waals surface area contributed by atoms with E-state index in [1.165, 1.54) is 12.1 Å². The van der Waals surface area contributed by atoms with Gasteiger partial charge in [-0.2, -0.15) is 8.42 Å². The minimum Gasteiger partial charge on any atom is -1.00 e. The van der Waals surface area contributed by atoms with Crippen LogP contribution < -0.4 is 18.9 Å². The number of carbonyl (C=O) groups excluding carboxylic acids is 2. The molecule has 0 unspecified atom stereocenters. The first-order valence-electron chi connectivity index (χ1n) is 9.88. The second kappa shape index (κ2) is 10.6. The van der Waals surface area contributed by atoms with Crippen LogP contribution in [-0.4, -0.2) is 37.1 Å². The Morgan fingerprint density at radius 2 is 1.34 bits per heavy atom. The minimum atomic E-state index is -4.72. The van der Waals surface area contributed by atoms with E-state index in [1.54, 1.807) is 0 Å². The molecule has 2 aliphatic rings. The smallest absolute Gasteiger partial charge is 1.00 e. The van der Waals surface area contributed by atoms with Gasteiger partial charge in [0.05, 0.1) is 11.1 Å². The van der Waals surface area contributed by atoms with Crippen molar-refractivity contribution in [1.82, 2.24) is 0 Å². The first-order valence-corrected chi connectivity index (χ1v) is 11.3. The van der Waals surface area contributed by atoms with E-state index in [1.807, 2.05) is 0 Å². The van der Waals surface area contributed by atoms with Crippen molar-refractivity contribution in [2.24, 2.45) is 0 Å². The van der Waals surface area contributed by atoms with Gasteiger partial charge in [0, 0.05) is 0 Å². The topological polar surface area (TPSA) is 107 Å². The summed E-state index contributed by atoms with van der Waals surface area (Å²) in [5.74, 6) is -1.48. The average Bonchev–Trinajstić information content (AvgIpc) is 2.68. The van der Waals surface area contributed by atoms with E-state index >= 15 is 0 Å². The number of rotatable bonds is 5. The van der Waals surface area contributed by atoms with E-state index in [0.717, 1.165) is 70.3 Å². The number of benzene rings is 1. The maximum atomic E-state index is 12.5. The van der Waals surface area contributed by atoms with Crippen LogP contribution in [0.15, 0.2) is 23.1 Å². The zero-order valence-electron chi connectivity index (χ0n) is 17.8. The monoisotopic (exact) mass is 418 g/mol. The molecule has 0 bridgehead atoms. The van der Waals surface area contributed by atoms with Crippen molar-refractivity contribution < 1.29 is 52.3 Å². The molecule has 0 saturated heterocycles. The molecule has 0 aromatic heterocycles. The van der Waals surface area contributed by atoms with Gasteiger partial charge in [0.25, 0.3) is 10.1 Å². The molecule has 2 saturated carbocycles. The fraction of sp³-hybridized carbons (Fsp3) is 0.600. The van der Waals surface area contributed by atoms with Crippen molar-refractivity contribution in [3.05, 3.63) is 29.3 Å². The molecule has 7 nitrogen and oxygen atoms in total. The van der Waals surface area contributed by atoms with Crippen molar-refractivity contribution in [2.45, 2.75) is 81.3 Å². The Balaban J connectivity index is 0.00000225. The molecule has 1 aromatic rings. The van der Waals surface area contributed by atoms with Crippen LogP contribution in [0, 0.1) is 0 Å². The Hall–Kier alpha value is -1.33. The molecule has 3 rings (SSSR count). The Morgan fingerprint density at radius 3 is 1.83 bits per heavy atom. The van der Waals surface area contributed by atoms with Gasteiger partial charge in [0.1, 0.15) is 17.1 Å². The van der Waals surface area contributed by atoms with E-state index in [0.29, 0.717) is 0 Å². The minimum absolute atomic E-state index is 0. The van der Waals surface area contributed by atoms with Gasteiger partial charge < -0.3 is 10.9 Å². The van der Waals surface area contributed by atoms with Crippen LogP contribution in [0.1, 0.15) is 86.4 Å². The van der Waals surface area contributed by atoms with E-state index in [-0.39, 0.29) is 43.6 Å². The SMILES string of the molecule is O=C(OC1CCCCC1)c1ccc(C(=O)OC2CCCCC2)c(S(=O)(=O)O)c1.[H-].[Li+]. The van der Waals surface area contributed by atoms with E-state index in [2.05, 4.69) is 0 Å². The Kier molecular flexibility index (Phi) is 8.77. The molecule has 0 amide bonds. The third-order valence-electron chi connectivity index (χ3n) is 5.37. The fourth-order valence-electron chi connectivity index (χ4n) is 3.83. The van der Waals surface area contributed by atoms with Crippen molar-refractivity contribution in [3.8, 4) is 0 Å². The first kappa shape index (κ1) is 23.9. The van der Waals surface area contributed by atoms with Gasteiger partial charge in [0.15, 0.2) is 0 Å². The molecule has 1 N–H and O–H groups in total. The van der Waals surface area contributed by atoms with Gasteiger partial charge in [-0.1, -0.05) is 12.8 Å². The van der Waals surface area contributed by atoms with Crippen LogP contribution in [0.2, 0.25) is 0 Å². The number of esters is 2. The van der Waals surface area contributed by atoms with E-state index in [9.17, 15) is 22.6 Å². The van der Waals surface area contributed by atoms with Crippen LogP contribution >= 0.6 is 0 Å². The molecule has 29 heavy (non-hydrogen) atoms. The summed E-state index contributed by atoms with van der Waals surface area (Å²) in [7, 11) is -4.72. The number of carbonyl (C=O) groups is 2. The summed E-state index contributed by atoms with van der Waals surface area (Å²) in [5.41, 5.74) is -0.297. The largest absolute Gasteiger partial charge is 1.00 e. The summed E-state index contributed by atoms with van der Waals surface area (Å²) >= 11 is 0. The molecule has 156 valence electrons. The van der Waals surface area contributed by atoms with Gasteiger partial charge >= 0.3 is 30.8 Å². The van der Waals surface area contributed by atoms with Gasteiger partial charge in [0.2, 0.25) is 0 Å². The zero-order chi connectivity index (χ0) is 20.1. The Bertz CT molecular complexity index is 832. The summed E-state index contributed by atoms with van der Waals surface area (Å²) in [6, 6.07) is 3.51. The van der Waals surface area contributed by atoms with Crippen LogP contribution in [0.4, 0.5) is 0 Å². The predicted molar refractivity (Wildman–Crippen MR) is 102 cm³/mol. The maximum absolute atomic E-state index is 12.5. The number of ether oxygens (including phenoxy) is 2. The fourth-order valence-corrected chi connectivity index (χ4v) is 4.54. The predicted octanol–water partition coefficient (Wildman–Crippen LogP) is 1.03. The molecule has 0 radical (unpaired) electrons. The van der Waals surface area contributed by atoms with Gasteiger partial charge in [-0.3, -0.25) is 4.55 Å². The second-order valence-corrected chi connectivity index (χ2v) is 8.91. The molecule has 2 aliphatic carbocycles. The summed E-state index contributed by atoms with van der Waals surface area (Å²) in [6.07, 6.45) is 8.66. The molecule has 0 atom stereocenters. The van der Waals surface area contributed by atoms with Gasteiger partial charge in [-0.15, -0.1) is 0 Å². The second-order valence-electron chi connectivity index (χ2n) is 7.52. The molecular formula is C20H27LiO7S. The third-order valence-corrected chi connectivity index (χ3v) is 6.26. The quantitative estimate of drug-likeness (QED) is 0.432. The van der Waals surface area contributed by atoms with Crippen LogP contribution in [0.25, 0.3) is 0 Å². The summed E-state index contributed by atoms with van der Waals surface area (Å²) in [4.78, 5) is 24.2. The standard InChI is InChI=1S/C20H26O7S.Li.H/c21-19(26-15-7-3-1-4-8-15)14-11-12-17(18(13-14)28(23,24)25)20(22)27-16-9-5-2-6-10-16;;/h11-13,15-16H,1-10H2,(H,23,24,25);;/q;+1;-1. The van der Waals surface area contributed by atoms with Gasteiger partial charge in [-0.25, -0.2) is 9.59 Å². The van der Waals surface area contributed by atoms with E-state index < -0.39 is 27.0 Å². The molecule has 2 fully saturated rings. The molecule has 0 heterocycles. The molecule has 0 aliphatic heterocycles. The van der Waals surface area contributed by atoms with E-state index in [4.69, 9.17) is 9.47 Å². The molecular weight excluding hydrogens is 391 g/mol. The molecule has 9 heteroatoms. The Labute approximate surface area is 184 Å². The zero-order valence-corrected chi connectivity index (χ0v) is 17.6. The molecule has 0 spiro atoms. The van der Waals surface area contributed by atoms with Crippen LogP contribution in [0.5, 0.6) is 0 Å². The Morgan fingerprint density at radius 1 is 0.862 bits per heavy atom. The average molecular weight is 418 g/mol.